The number of anilines is 2. The van der Waals surface area contributed by atoms with Gasteiger partial charge in [-0.05, 0) is 36.8 Å². The van der Waals surface area contributed by atoms with Gasteiger partial charge in [0.05, 0.1) is 32.7 Å². The molecule has 2 amide bonds. The molecule has 0 radical (unpaired) electrons. The van der Waals surface area contributed by atoms with Crippen LogP contribution in [0.4, 0.5) is 11.4 Å². The van der Waals surface area contributed by atoms with E-state index >= 15 is 0 Å². The Labute approximate surface area is 169 Å². The van der Waals surface area contributed by atoms with Gasteiger partial charge in [-0.1, -0.05) is 29.3 Å². The molecule has 0 saturated heterocycles. The number of esters is 1. The van der Waals surface area contributed by atoms with Gasteiger partial charge < -0.3 is 15.4 Å². The molecule has 140 valence electrons. The minimum Gasteiger partial charge on any atom is -0.452 e. The maximum absolute atomic E-state index is 12.2. The molecule has 0 unspecified atom stereocenters. The van der Waals surface area contributed by atoms with Crippen LogP contribution in [-0.4, -0.2) is 30.1 Å². The number of nitrogens with one attached hydrogen (secondary N) is 2. The fraction of sp³-hybridized carbons (Fsp3) is 0.167. The van der Waals surface area contributed by atoms with Gasteiger partial charge in [0.15, 0.2) is 6.61 Å². The number of amides is 2. The van der Waals surface area contributed by atoms with Crippen molar-refractivity contribution in [3.63, 3.8) is 0 Å². The molecule has 1 heterocycles. The van der Waals surface area contributed by atoms with E-state index in [-0.39, 0.29) is 22.2 Å². The summed E-state index contributed by atoms with van der Waals surface area (Å²) in [6, 6.07) is 8.17. The van der Waals surface area contributed by atoms with Crippen LogP contribution in [0.1, 0.15) is 15.9 Å². The van der Waals surface area contributed by atoms with Crippen LogP contribution in [0.3, 0.4) is 0 Å². The Morgan fingerprint density at radius 2 is 2.04 bits per heavy atom. The first-order valence-electron chi connectivity index (χ1n) is 7.83. The van der Waals surface area contributed by atoms with E-state index in [1.165, 1.54) is 17.8 Å². The number of rotatable bonds is 4. The SMILES string of the molecule is Cc1ccc(Cl)c(NC(=O)COC(=O)c2ccc3c(c2)NC(=O)CS3)c1Cl. The molecule has 9 heteroatoms. The average molecular weight is 425 g/mol. The van der Waals surface area contributed by atoms with Gasteiger partial charge in [-0.3, -0.25) is 9.59 Å². The van der Waals surface area contributed by atoms with Gasteiger partial charge in [-0.2, -0.15) is 0 Å². The Morgan fingerprint density at radius 3 is 2.81 bits per heavy atom. The van der Waals surface area contributed by atoms with Gasteiger partial charge in [-0.15, -0.1) is 11.8 Å². The number of carbonyl (C=O) groups is 3. The predicted octanol–water partition coefficient (Wildman–Crippen LogP) is 4.14. The lowest BCUT2D eigenvalue weighted by molar-refractivity contribution is -0.119. The zero-order valence-electron chi connectivity index (χ0n) is 14.1. The lowest BCUT2D eigenvalue weighted by atomic mass is 10.2. The highest BCUT2D eigenvalue weighted by Crippen LogP contribution is 2.33. The van der Waals surface area contributed by atoms with Crippen LogP contribution < -0.4 is 10.6 Å². The first-order valence-corrected chi connectivity index (χ1v) is 9.57. The molecule has 2 aromatic carbocycles. The predicted molar refractivity (Wildman–Crippen MR) is 106 cm³/mol. The summed E-state index contributed by atoms with van der Waals surface area (Å²) in [4.78, 5) is 36.6. The fourth-order valence-corrected chi connectivity index (χ4v) is 3.62. The van der Waals surface area contributed by atoms with Crippen LogP contribution in [-0.2, 0) is 14.3 Å². The van der Waals surface area contributed by atoms with Gasteiger partial charge in [0.1, 0.15) is 0 Å². The molecule has 0 atom stereocenters. The smallest absolute Gasteiger partial charge is 0.338 e. The third kappa shape index (κ3) is 4.55. The van der Waals surface area contributed by atoms with Crippen molar-refractivity contribution in [2.24, 2.45) is 0 Å². The summed E-state index contributed by atoms with van der Waals surface area (Å²) in [6.45, 7) is 1.28. The van der Waals surface area contributed by atoms with Gasteiger partial charge in [0.25, 0.3) is 5.91 Å². The number of carbonyl (C=O) groups excluding carboxylic acids is 3. The minimum atomic E-state index is -0.681. The Bertz CT molecular complexity index is 949. The van der Waals surface area contributed by atoms with E-state index in [4.69, 9.17) is 27.9 Å². The van der Waals surface area contributed by atoms with Crippen molar-refractivity contribution in [2.75, 3.05) is 23.0 Å². The molecule has 1 aliphatic heterocycles. The van der Waals surface area contributed by atoms with Crippen molar-refractivity contribution in [3.05, 3.63) is 51.5 Å². The monoisotopic (exact) mass is 424 g/mol. The van der Waals surface area contributed by atoms with Crippen molar-refractivity contribution in [3.8, 4) is 0 Å². The van der Waals surface area contributed by atoms with Crippen LogP contribution in [0.5, 0.6) is 0 Å². The maximum Gasteiger partial charge on any atom is 0.338 e. The largest absolute Gasteiger partial charge is 0.452 e. The standard InChI is InChI=1S/C18H14Cl2N2O4S/c1-9-2-4-11(19)17(16(9)20)22-14(23)7-26-18(25)10-3-5-13-12(6-10)21-15(24)8-27-13/h2-6H,7-8H2,1H3,(H,21,24)(H,22,23). The van der Waals surface area contributed by atoms with Gasteiger partial charge in [0, 0.05) is 4.90 Å². The Hall–Kier alpha value is -2.22. The van der Waals surface area contributed by atoms with Gasteiger partial charge >= 0.3 is 5.97 Å². The molecule has 3 rings (SSSR count). The molecule has 27 heavy (non-hydrogen) atoms. The lowest BCUT2D eigenvalue weighted by Crippen LogP contribution is -2.22. The summed E-state index contributed by atoms with van der Waals surface area (Å²) in [6.07, 6.45) is 0. The van der Waals surface area contributed by atoms with Crippen molar-refractivity contribution in [1.82, 2.24) is 0 Å². The lowest BCUT2D eigenvalue weighted by Gasteiger charge is -2.16. The average Bonchev–Trinajstić information content (AvgIpc) is 2.65. The van der Waals surface area contributed by atoms with Crippen LogP contribution in [0.15, 0.2) is 35.2 Å². The summed E-state index contributed by atoms with van der Waals surface area (Å²) in [5, 5.41) is 5.85. The third-order valence-corrected chi connectivity index (χ3v) is 5.61. The molecule has 0 bridgehead atoms. The van der Waals surface area contributed by atoms with Crippen molar-refractivity contribution in [2.45, 2.75) is 11.8 Å². The van der Waals surface area contributed by atoms with E-state index in [1.54, 1.807) is 31.2 Å². The van der Waals surface area contributed by atoms with Crippen LogP contribution in [0.25, 0.3) is 0 Å². The fourth-order valence-electron chi connectivity index (χ4n) is 2.37. The third-order valence-electron chi connectivity index (χ3n) is 3.73. The molecule has 0 aliphatic carbocycles. The quantitative estimate of drug-likeness (QED) is 0.720. The number of aryl methyl sites for hydroxylation is 1. The molecular weight excluding hydrogens is 411 g/mol. The van der Waals surface area contributed by atoms with Crippen LogP contribution in [0, 0.1) is 6.92 Å². The summed E-state index contributed by atoms with van der Waals surface area (Å²) in [5.41, 5.74) is 1.81. The Morgan fingerprint density at radius 1 is 1.26 bits per heavy atom. The Balaban J connectivity index is 1.63. The van der Waals surface area contributed by atoms with Crippen LogP contribution >= 0.6 is 35.0 Å². The molecule has 0 fully saturated rings. The number of benzene rings is 2. The minimum absolute atomic E-state index is 0.135. The number of thioether (sulfide) groups is 1. The van der Waals surface area contributed by atoms with E-state index in [0.29, 0.717) is 16.5 Å². The zero-order valence-corrected chi connectivity index (χ0v) is 16.4. The normalized spacial score (nSPS) is 12.8. The second kappa shape index (κ2) is 8.21. The van der Waals surface area contributed by atoms with E-state index in [0.717, 1.165) is 10.5 Å². The van der Waals surface area contributed by atoms with Crippen molar-refractivity contribution < 1.29 is 19.1 Å². The molecule has 0 aromatic heterocycles. The topological polar surface area (TPSA) is 84.5 Å². The first-order chi connectivity index (χ1) is 12.8. The first kappa shape index (κ1) is 19.5. The highest BCUT2D eigenvalue weighted by Gasteiger charge is 2.19. The molecular formula is C18H14Cl2N2O4S. The van der Waals surface area contributed by atoms with Crippen molar-refractivity contribution in [1.29, 1.82) is 0 Å². The second-order valence-corrected chi connectivity index (χ2v) is 7.53. The van der Waals surface area contributed by atoms with E-state index in [2.05, 4.69) is 10.6 Å². The number of ether oxygens (including phenoxy) is 1. The number of fused-ring (bicyclic) bond motifs is 1. The summed E-state index contributed by atoms with van der Waals surface area (Å²) >= 11 is 13.6. The number of hydrogen-bond acceptors (Lipinski definition) is 5. The summed E-state index contributed by atoms with van der Waals surface area (Å²) < 4.78 is 5.03. The summed E-state index contributed by atoms with van der Waals surface area (Å²) in [5.74, 6) is -1.05. The zero-order chi connectivity index (χ0) is 19.6. The molecule has 0 spiro atoms. The second-order valence-electron chi connectivity index (χ2n) is 5.73. The maximum atomic E-state index is 12.2. The highest BCUT2D eigenvalue weighted by atomic mass is 35.5. The number of halogens is 2. The highest BCUT2D eigenvalue weighted by molar-refractivity contribution is 8.00. The van der Waals surface area contributed by atoms with E-state index in [1.807, 2.05) is 0 Å². The summed E-state index contributed by atoms with van der Waals surface area (Å²) in [7, 11) is 0. The van der Waals surface area contributed by atoms with Crippen LogP contribution in [0.2, 0.25) is 10.0 Å². The molecule has 1 aliphatic rings. The van der Waals surface area contributed by atoms with Gasteiger partial charge in [-0.25, -0.2) is 4.79 Å². The molecule has 6 nitrogen and oxygen atoms in total. The molecule has 2 aromatic rings. The number of hydrogen-bond donors (Lipinski definition) is 2. The van der Waals surface area contributed by atoms with Gasteiger partial charge in [0.2, 0.25) is 5.91 Å². The van der Waals surface area contributed by atoms with E-state index < -0.39 is 18.5 Å². The Kier molecular flexibility index (Phi) is 5.94. The molecule has 2 N–H and O–H groups in total. The van der Waals surface area contributed by atoms with Crippen molar-refractivity contribution >= 4 is 64.1 Å². The molecule has 0 saturated carbocycles. The van der Waals surface area contributed by atoms with E-state index in [9.17, 15) is 14.4 Å².